The number of nitriles is 1. The lowest BCUT2D eigenvalue weighted by Crippen LogP contribution is -2.41. The Hall–Kier alpha value is -4.70. The molecule has 3 aromatic rings. The van der Waals surface area contributed by atoms with Crippen LogP contribution in [0.15, 0.2) is 72.8 Å². The molecule has 0 radical (unpaired) electrons. The van der Waals surface area contributed by atoms with E-state index >= 15 is 0 Å². The van der Waals surface area contributed by atoms with Crippen LogP contribution in [-0.4, -0.2) is 30.5 Å². The highest BCUT2D eigenvalue weighted by molar-refractivity contribution is 6.43. The molecule has 0 aliphatic carbocycles. The quantitative estimate of drug-likeness (QED) is 0.292. The van der Waals surface area contributed by atoms with Crippen LogP contribution in [0, 0.1) is 11.3 Å². The van der Waals surface area contributed by atoms with Gasteiger partial charge >= 0.3 is 5.97 Å². The van der Waals surface area contributed by atoms with E-state index in [-0.39, 0.29) is 6.61 Å². The molecule has 0 fully saturated rings. The van der Waals surface area contributed by atoms with Gasteiger partial charge in [-0.15, -0.1) is 0 Å². The van der Waals surface area contributed by atoms with Crippen molar-refractivity contribution in [3.05, 3.63) is 95.1 Å². The van der Waals surface area contributed by atoms with Crippen molar-refractivity contribution < 1.29 is 23.9 Å². The van der Waals surface area contributed by atoms with Gasteiger partial charge in [0.2, 0.25) is 0 Å². The molecular formula is C28H22N2O5. The molecule has 7 nitrogen and oxygen atoms in total. The number of carbonyl (C=O) groups excluding carboxylic acids is 3. The van der Waals surface area contributed by atoms with E-state index in [1.807, 2.05) is 6.07 Å². The number of benzene rings is 3. The zero-order chi connectivity index (χ0) is 24.9. The number of fused-ring (bicyclic) bond motifs is 1. The second-order valence-corrected chi connectivity index (χ2v) is 7.77. The highest BCUT2D eigenvalue weighted by Crippen LogP contribution is 2.33. The molecule has 7 heteroatoms. The summed E-state index contributed by atoms with van der Waals surface area (Å²) in [6.07, 6.45) is 1.13. The largest absolute Gasteiger partial charge is 0.476 e. The van der Waals surface area contributed by atoms with Gasteiger partial charge in [-0.1, -0.05) is 30.3 Å². The Morgan fingerprint density at radius 3 is 2.26 bits per heavy atom. The van der Waals surface area contributed by atoms with Crippen LogP contribution in [0.1, 0.15) is 45.7 Å². The fraction of sp³-hybridized carbons (Fsp3) is 0.143. The predicted molar refractivity (Wildman–Crippen MR) is 131 cm³/mol. The average molecular weight is 466 g/mol. The first-order chi connectivity index (χ1) is 16.9. The second-order valence-electron chi connectivity index (χ2n) is 7.77. The van der Waals surface area contributed by atoms with Crippen LogP contribution < -0.4 is 9.64 Å². The smallest absolute Gasteiger partial charge is 0.338 e. The van der Waals surface area contributed by atoms with Gasteiger partial charge in [-0.3, -0.25) is 9.59 Å². The van der Waals surface area contributed by atoms with Crippen molar-refractivity contribution >= 4 is 35.1 Å². The number of carbonyl (C=O) groups is 3. The maximum Gasteiger partial charge on any atom is 0.338 e. The fourth-order valence-electron chi connectivity index (χ4n) is 3.73. The molecule has 0 aromatic heterocycles. The number of hydrogen-bond acceptors (Lipinski definition) is 6. The number of ether oxygens (including phenoxy) is 2. The summed E-state index contributed by atoms with van der Waals surface area (Å²) in [4.78, 5) is 39.9. The minimum Gasteiger partial charge on any atom is -0.476 e. The van der Waals surface area contributed by atoms with Crippen molar-refractivity contribution in [3.8, 4) is 11.8 Å². The van der Waals surface area contributed by atoms with Gasteiger partial charge in [0.05, 0.1) is 17.9 Å². The highest BCUT2D eigenvalue weighted by atomic mass is 16.5. The van der Waals surface area contributed by atoms with Gasteiger partial charge in [0, 0.05) is 11.1 Å². The number of rotatable bonds is 6. The number of nitrogens with zero attached hydrogens (tertiary/aromatic N) is 2. The van der Waals surface area contributed by atoms with E-state index in [0.29, 0.717) is 33.7 Å². The molecule has 3 aromatic carbocycles. The van der Waals surface area contributed by atoms with Crippen molar-refractivity contribution in [1.82, 2.24) is 0 Å². The fourth-order valence-corrected chi connectivity index (χ4v) is 3.73. The van der Waals surface area contributed by atoms with E-state index in [2.05, 4.69) is 0 Å². The van der Waals surface area contributed by atoms with Crippen LogP contribution in [-0.2, 0) is 9.53 Å². The van der Waals surface area contributed by atoms with Gasteiger partial charge in [-0.2, -0.15) is 5.26 Å². The third-order valence-corrected chi connectivity index (χ3v) is 5.41. The number of esters is 1. The van der Waals surface area contributed by atoms with Crippen LogP contribution in [0.5, 0.6) is 5.75 Å². The van der Waals surface area contributed by atoms with Crippen molar-refractivity contribution in [3.63, 3.8) is 0 Å². The minimum absolute atomic E-state index is 0.249. The van der Waals surface area contributed by atoms with Gasteiger partial charge in [0.25, 0.3) is 11.8 Å². The molecule has 0 saturated heterocycles. The van der Waals surface area contributed by atoms with Gasteiger partial charge < -0.3 is 9.47 Å². The van der Waals surface area contributed by atoms with E-state index in [4.69, 9.17) is 14.7 Å². The van der Waals surface area contributed by atoms with Crippen molar-refractivity contribution in [2.24, 2.45) is 0 Å². The van der Waals surface area contributed by atoms with Crippen LogP contribution >= 0.6 is 0 Å². The molecule has 0 saturated carbocycles. The first-order valence-electron chi connectivity index (χ1n) is 11.1. The highest BCUT2D eigenvalue weighted by Gasteiger charge is 2.35. The Morgan fingerprint density at radius 2 is 1.63 bits per heavy atom. The van der Waals surface area contributed by atoms with Crippen molar-refractivity contribution in [2.75, 3.05) is 11.5 Å². The van der Waals surface area contributed by atoms with E-state index in [0.717, 1.165) is 10.5 Å². The third-order valence-electron chi connectivity index (χ3n) is 5.41. The molecule has 1 heterocycles. The molecule has 0 N–H and O–H groups in total. The van der Waals surface area contributed by atoms with Gasteiger partial charge in [0.1, 0.15) is 11.8 Å². The molecule has 1 atom stereocenters. The van der Waals surface area contributed by atoms with Crippen LogP contribution in [0.2, 0.25) is 0 Å². The lowest BCUT2D eigenvalue weighted by atomic mass is 9.91. The molecule has 1 aliphatic heterocycles. The lowest BCUT2D eigenvalue weighted by molar-refractivity contribution is -0.112. The Labute approximate surface area is 202 Å². The predicted octanol–water partition coefficient (Wildman–Crippen LogP) is 4.88. The van der Waals surface area contributed by atoms with Gasteiger partial charge in [-0.05, 0) is 73.5 Å². The Balaban J connectivity index is 1.71. The molecule has 4 rings (SSSR count). The monoisotopic (exact) mass is 466 g/mol. The molecule has 2 amide bonds. The second kappa shape index (κ2) is 10.1. The molecule has 1 unspecified atom stereocenters. The molecule has 0 spiro atoms. The summed E-state index contributed by atoms with van der Waals surface area (Å²) in [5.41, 5.74) is 2.70. The molecule has 35 heavy (non-hydrogen) atoms. The first kappa shape index (κ1) is 23.5. The van der Waals surface area contributed by atoms with Crippen LogP contribution in [0.25, 0.3) is 11.6 Å². The molecular weight excluding hydrogens is 444 g/mol. The molecule has 1 aliphatic rings. The Kier molecular flexibility index (Phi) is 6.74. The maximum absolute atomic E-state index is 13.6. The zero-order valence-electron chi connectivity index (χ0n) is 19.2. The van der Waals surface area contributed by atoms with Crippen molar-refractivity contribution in [1.29, 1.82) is 5.26 Å². The number of amides is 2. The first-order valence-corrected chi connectivity index (χ1v) is 11.1. The molecule has 0 bridgehead atoms. The Morgan fingerprint density at radius 1 is 0.971 bits per heavy atom. The number of imide groups is 1. The minimum atomic E-state index is -0.583. The summed E-state index contributed by atoms with van der Waals surface area (Å²) in [7, 11) is 0. The van der Waals surface area contributed by atoms with E-state index in [9.17, 15) is 14.4 Å². The normalized spacial score (nSPS) is 14.8. The zero-order valence-corrected chi connectivity index (χ0v) is 19.2. The molecule has 174 valence electrons. The summed E-state index contributed by atoms with van der Waals surface area (Å²) in [6, 6.07) is 22.1. The maximum atomic E-state index is 13.6. The van der Waals surface area contributed by atoms with E-state index in [1.165, 1.54) is 12.1 Å². The van der Waals surface area contributed by atoms with Crippen LogP contribution in [0.4, 0.5) is 5.69 Å². The SMILES string of the molecule is CCOC(=O)c1ccc(N2C(=O)/C(=C/c3ccc(OC(C)C#N)cc3)c3ccccc3C2=O)cc1. The topological polar surface area (TPSA) is 96.7 Å². The van der Waals surface area contributed by atoms with Crippen LogP contribution in [0.3, 0.4) is 0 Å². The number of hydrogen-bond donors (Lipinski definition) is 0. The van der Waals surface area contributed by atoms with Gasteiger partial charge in [-0.25, -0.2) is 9.69 Å². The summed E-state index contributed by atoms with van der Waals surface area (Å²) in [6.45, 7) is 3.62. The van der Waals surface area contributed by atoms with Crippen molar-refractivity contribution in [2.45, 2.75) is 20.0 Å². The average Bonchev–Trinajstić information content (AvgIpc) is 2.88. The van der Waals surface area contributed by atoms with E-state index < -0.39 is 23.9 Å². The van der Waals surface area contributed by atoms with E-state index in [1.54, 1.807) is 80.6 Å². The standard InChI is InChI=1S/C28H22N2O5/c1-3-34-28(33)20-10-12-21(13-11-20)30-26(31)24-7-5-4-6-23(24)25(27(30)32)16-19-8-14-22(15-9-19)35-18(2)17-29/h4-16,18H,3H2,1-2H3/b25-16+. The summed E-state index contributed by atoms with van der Waals surface area (Å²) in [5, 5.41) is 8.92. The Bertz CT molecular complexity index is 1350. The van der Waals surface area contributed by atoms with Gasteiger partial charge in [0.15, 0.2) is 6.10 Å². The summed E-state index contributed by atoms with van der Waals surface area (Å²) >= 11 is 0. The lowest BCUT2D eigenvalue weighted by Gasteiger charge is -2.28. The number of anilines is 1. The summed E-state index contributed by atoms with van der Waals surface area (Å²) in [5.74, 6) is -0.857. The summed E-state index contributed by atoms with van der Waals surface area (Å²) < 4.78 is 10.5. The third kappa shape index (κ3) is 4.82.